The number of urea groups is 1. The minimum atomic E-state index is -4.59. The van der Waals surface area contributed by atoms with Gasteiger partial charge in [-0.25, -0.2) is 9.18 Å². The van der Waals surface area contributed by atoms with Crippen molar-refractivity contribution in [1.29, 1.82) is 0 Å². The van der Waals surface area contributed by atoms with Gasteiger partial charge in [0.05, 0.1) is 5.69 Å². The van der Waals surface area contributed by atoms with Gasteiger partial charge in [0.15, 0.2) is 5.69 Å². The van der Waals surface area contributed by atoms with Crippen molar-refractivity contribution in [3.05, 3.63) is 41.3 Å². The van der Waals surface area contributed by atoms with Gasteiger partial charge in [-0.3, -0.25) is 10.00 Å². The molecule has 1 fully saturated rings. The normalized spacial score (nSPS) is 17.3. The molecule has 2 heterocycles. The van der Waals surface area contributed by atoms with Crippen molar-refractivity contribution in [2.75, 3.05) is 23.3 Å². The summed E-state index contributed by atoms with van der Waals surface area (Å²) in [6.07, 6.45) is -4.00. The first-order valence-electron chi connectivity index (χ1n) is 8.34. The molecule has 6 nitrogen and oxygen atoms in total. The summed E-state index contributed by atoms with van der Waals surface area (Å²) >= 11 is 0. The van der Waals surface area contributed by atoms with Crippen LogP contribution in [0.4, 0.5) is 33.9 Å². The molecule has 1 aliphatic heterocycles. The van der Waals surface area contributed by atoms with Gasteiger partial charge >= 0.3 is 12.2 Å². The molecule has 10 heteroatoms. The predicted molar refractivity (Wildman–Crippen MR) is 92.1 cm³/mol. The number of halogens is 4. The van der Waals surface area contributed by atoms with Gasteiger partial charge in [-0.15, -0.1) is 0 Å². The van der Waals surface area contributed by atoms with Gasteiger partial charge in [-0.2, -0.15) is 18.3 Å². The molecule has 1 saturated heterocycles. The van der Waals surface area contributed by atoms with Crippen molar-refractivity contribution in [1.82, 2.24) is 15.1 Å². The maximum atomic E-state index is 13.9. The highest BCUT2D eigenvalue weighted by molar-refractivity contribution is 5.89. The van der Waals surface area contributed by atoms with Crippen LogP contribution in [0.5, 0.6) is 0 Å². The highest BCUT2D eigenvalue weighted by Crippen LogP contribution is 2.33. The molecule has 1 aromatic heterocycles. The average Bonchev–Trinajstić information content (AvgIpc) is 3.14. The fourth-order valence-corrected chi connectivity index (χ4v) is 3.21. The van der Waals surface area contributed by atoms with Crippen LogP contribution in [-0.2, 0) is 13.2 Å². The van der Waals surface area contributed by atoms with E-state index in [-0.39, 0.29) is 23.2 Å². The van der Waals surface area contributed by atoms with Crippen molar-refractivity contribution >= 4 is 17.5 Å². The fourth-order valence-electron chi connectivity index (χ4n) is 3.21. The molecular weight excluding hydrogens is 366 g/mol. The molecule has 0 spiro atoms. The van der Waals surface area contributed by atoms with Gasteiger partial charge in [0.25, 0.3) is 0 Å². The second-order valence-corrected chi connectivity index (χ2v) is 6.43. The van der Waals surface area contributed by atoms with Crippen LogP contribution in [0.15, 0.2) is 24.3 Å². The number of para-hydroxylation sites is 1. The molecular formula is C17H19F4N5O. The number of rotatable bonds is 3. The fraction of sp³-hybridized carbons (Fsp3) is 0.412. The van der Waals surface area contributed by atoms with Crippen LogP contribution in [0.25, 0.3) is 0 Å². The SMILES string of the molecule is Cc1c(C(F)(F)F)nn(C)c1NC(=O)NC1CCN(c2ccccc2F)C1. The number of hydrogen-bond donors (Lipinski definition) is 2. The molecule has 0 bridgehead atoms. The Morgan fingerprint density at radius 2 is 2.00 bits per heavy atom. The summed E-state index contributed by atoms with van der Waals surface area (Å²) < 4.78 is 53.6. The zero-order chi connectivity index (χ0) is 19.8. The predicted octanol–water partition coefficient (Wildman–Crippen LogP) is 3.29. The average molecular weight is 385 g/mol. The molecule has 1 atom stereocenters. The maximum absolute atomic E-state index is 13.9. The van der Waals surface area contributed by atoms with Crippen molar-refractivity contribution in [2.24, 2.45) is 7.05 Å². The summed E-state index contributed by atoms with van der Waals surface area (Å²) in [5, 5.41) is 8.56. The number of hydrogen-bond acceptors (Lipinski definition) is 3. The molecule has 146 valence electrons. The van der Waals surface area contributed by atoms with E-state index in [0.717, 1.165) is 4.68 Å². The number of benzene rings is 1. The second kappa shape index (κ2) is 7.09. The van der Waals surface area contributed by atoms with E-state index < -0.39 is 17.9 Å². The molecule has 0 radical (unpaired) electrons. The van der Waals surface area contributed by atoms with Crippen LogP contribution in [0.1, 0.15) is 17.7 Å². The molecule has 1 unspecified atom stereocenters. The van der Waals surface area contributed by atoms with Gasteiger partial charge in [0, 0.05) is 31.7 Å². The van der Waals surface area contributed by atoms with Gasteiger partial charge < -0.3 is 10.2 Å². The van der Waals surface area contributed by atoms with E-state index in [1.165, 1.54) is 20.0 Å². The standard InChI is InChI=1S/C17H19F4N5O/c1-10-14(17(19,20)21)24-25(2)15(10)23-16(27)22-11-7-8-26(9-11)13-6-4-3-5-12(13)18/h3-6,11H,7-9H2,1-2H3,(H2,22,23,27). The maximum Gasteiger partial charge on any atom is 0.435 e. The smallest absolute Gasteiger partial charge is 0.367 e. The van der Waals surface area contributed by atoms with Crippen molar-refractivity contribution in [3.8, 4) is 0 Å². The minimum absolute atomic E-state index is 0.0243. The first-order chi connectivity index (χ1) is 12.7. The number of carbonyl (C=O) groups excluding carboxylic acids is 1. The Balaban J connectivity index is 1.63. The Kier molecular flexibility index (Phi) is 4.99. The van der Waals surface area contributed by atoms with Gasteiger partial charge in [-0.05, 0) is 25.5 Å². The summed E-state index contributed by atoms with van der Waals surface area (Å²) in [6.45, 7) is 2.22. The summed E-state index contributed by atoms with van der Waals surface area (Å²) in [4.78, 5) is 14.0. The number of alkyl halides is 3. The number of nitrogens with zero attached hydrogens (tertiary/aromatic N) is 3. The number of aryl methyl sites for hydroxylation is 1. The highest BCUT2D eigenvalue weighted by atomic mass is 19.4. The Labute approximate surface area is 153 Å². The van der Waals surface area contributed by atoms with Crippen LogP contribution < -0.4 is 15.5 Å². The Bertz CT molecular complexity index is 848. The monoisotopic (exact) mass is 385 g/mol. The van der Waals surface area contributed by atoms with E-state index >= 15 is 0 Å². The number of amides is 2. The van der Waals surface area contributed by atoms with Crippen molar-refractivity contribution in [2.45, 2.75) is 25.6 Å². The van der Waals surface area contributed by atoms with E-state index in [4.69, 9.17) is 0 Å². The first kappa shape index (κ1) is 19.0. The first-order valence-corrected chi connectivity index (χ1v) is 8.34. The van der Waals surface area contributed by atoms with Gasteiger partial charge in [0.2, 0.25) is 0 Å². The summed E-state index contributed by atoms with van der Waals surface area (Å²) in [5.41, 5.74) is -0.731. The molecule has 1 aromatic carbocycles. The van der Waals surface area contributed by atoms with Crippen LogP contribution in [0.2, 0.25) is 0 Å². The molecule has 2 aromatic rings. The van der Waals surface area contributed by atoms with E-state index in [0.29, 0.717) is 25.2 Å². The summed E-state index contributed by atoms with van der Waals surface area (Å²) in [7, 11) is 1.33. The van der Waals surface area contributed by atoms with Crippen LogP contribution >= 0.6 is 0 Å². The number of aromatic nitrogens is 2. The zero-order valence-corrected chi connectivity index (χ0v) is 14.8. The molecule has 2 N–H and O–H groups in total. The van der Waals surface area contributed by atoms with E-state index in [9.17, 15) is 22.4 Å². The molecule has 0 saturated carbocycles. The lowest BCUT2D eigenvalue weighted by atomic mass is 10.2. The Hall–Kier alpha value is -2.78. The molecule has 27 heavy (non-hydrogen) atoms. The van der Waals surface area contributed by atoms with Crippen molar-refractivity contribution in [3.63, 3.8) is 0 Å². The second-order valence-electron chi connectivity index (χ2n) is 6.43. The summed E-state index contributed by atoms with van der Waals surface area (Å²) in [6, 6.07) is 5.48. The third-order valence-electron chi connectivity index (χ3n) is 4.50. The lowest BCUT2D eigenvalue weighted by Gasteiger charge is -2.19. The van der Waals surface area contributed by atoms with E-state index in [1.807, 2.05) is 4.90 Å². The van der Waals surface area contributed by atoms with Crippen LogP contribution in [-0.4, -0.2) is 34.9 Å². The summed E-state index contributed by atoms with van der Waals surface area (Å²) in [5.74, 6) is -0.364. The Morgan fingerprint density at radius 3 is 2.63 bits per heavy atom. The molecule has 3 rings (SSSR count). The van der Waals surface area contributed by atoms with Crippen LogP contribution in [0.3, 0.4) is 0 Å². The van der Waals surface area contributed by atoms with Crippen LogP contribution in [0, 0.1) is 12.7 Å². The lowest BCUT2D eigenvalue weighted by Crippen LogP contribution is -2.40. The topological polar surface area (TPSA) is 62.2 Å². The Morgan fingerprint density at radius 1 is 1.30 bits per heavy atom. The number of carbonyl (C=O) groups is 1. The number of nitrogens with one attached hydrogen (secondary N) is 2. The molecule has 1 aliphatic rings. The molecule has 2 amide bonds. The van der Waals surface area contributed by atoms with Crippen molar-refractivity contribution < 1.29 is 22.4 Å². The zero-order valence-electron chi connectivity index (χ0n) is 14.8. The quantitative estimate of drug-likeness (QED) is 0.797. The van der Waals surface area contributed by atoms with E-state index in [1.54, 1.807) is 18.2 Å². The van der Waals surface area contributed by atoms with E-state index in [2.05, 4.69) is 15.7 Å². The highest BCUT2D eigenvalue weighted by Gasteiger charge is 2.37. The lowest BCUT2D eigenvalue weighted by molar-refractivity contribution is -0.141. The third-order valence-corrected chi connectivity index (χ3v) is 4.50. The largest absolute Gasteiger partial charge is 0.435 e. The third kappa shape index (κ3) is 3.99. The van der Waals surface area contributed by atoms with Gasteiger partial charge in [-0.1, -0.05) is 12.1 Å². The van der Waals surface area contributed by atoms with Gasteiger partial charge in [0.1, 0.15) is 11.6 Å². The molecule has 0 aliphatic carbocycles. The minimum Gasteiger partial charge on any atom is -0.367 e. The number of anilines is 2.